The number of carbonyl (C=O) groups is 1. The quantitative estimate of drug-likeness (QED) is 0.769. The van der Waals surface area contributed by atoms with Crippen LogP contribution in [0.1, 0.15) is 19.8 Å². The summed E-state index contributed by atoms with van der Waals surface area (Å²) in [6.07, 6.45) is 2.31. The first kappa shape index (κ1) is 10.7. The molecule has 82 valence electrons. The predicted octanol–water partition coefficient (Wildman–Crippen LogP) is 1.68. The SMILES string of the molecule is CC1(Nc2nnc(SCC(=O)O)s2)CC1. The van der Waals surface area contributed by atoms with Gasteiger partial charge in [0.05, 0.1) is 5.75 Å². The monoisotopic (exact) mass is 245 g/mol. The Bertz CT molecular complexity index is 376. The molecule has 0 amide bonds. The summed E-state index contributed by atoms with van der Waals surface area (Å²) in [7, 11) is 0. The third-order valence-electron chi connectivity index (χ3n) is 2.13. The van der Waals surface area contributed by atoms with E-state index in [1.807, 2.05) is 0 Å². The number of aromatic nitrogens is 2. The first-order chi connectivity index (χ1) is 7.07. The summed E-state index contributed by atoms with van der Waals surface area (Å²) in [4.78, 5) is 10.3. The standard InChI is InChI=1S/C8H11N3O2S2/c1-8(2-3-8)9-6-10-11-7(15-6)14-4-5(12)13/h2-4H2,1H3,(H,9,10)(H,12,13). The maximum Gasteiger partial charge on any atom is 0.313 e. The Hall–Kier alpha value is -0.820. The van der Waals surface area contributed by atoms with Gasteiger partial charge >= 0.3 is 5.97 Å². The second kappa shape index (κ2) is 3.97. The first-order valence-electron chi connectivity index (χ1n) is 4.54. The fourth-order valence-corrected chi connectivity index (χ4v) is 2.63. The van der Waals surface area contributed by atoms with Gasteiger partial charge in [0.25, 0.3) is 0 Å². The summed E-state index contributed by atoms with van der Waals surface area (Å²) in [5, 5.41) is 20.4. The van der Waals surface area contributed by atoms with E-state index in [0.29, 0.717) is 4.34 Å². The van der Waals surface area contributed by atoms with Crippen molar-refractivity contribution in [2.45, 2.75) is 29.6 Å². The number of nitrogens with zero attached hydrogens (tertiary/aromatic N) is 2. The van der Waals surface area contributed by atoms with Gasteiger partial charge in [0, 0.05) is 5.54 Å². The minimum atomic E-state index is -0.834. The van der Waals surface area contributed by atoms with Crippen LogP contribution in [0.5, 0.6) is 0 Å². The molecule has 5 nitrogen and oxygen atoms in total. The lowest BCUT2D eigenvalue weighted by Crippen LogP contribution is -2.15. The summed E-state index contributed by atoms with van der Waals surface area (Å²) in [5.41, 5.74) is 0.189. The second-order valence-electron chi connectivity index (χ2n) is 3.74. The van der Waals surface area contributed by atoms with Crippen LogP contribution in [-0.4, -0.2) is 32.6 Å². The Morgan fingerprint density at radius 1 is 1.67 bits per heavy atom. The lowest BCUT2D eigenvalue weighted by atomic mass is 10.3. The normalized spacial score (nSPS) is 17.4. The van der Waals surface area contributed by atoms with Crippen molar-refractivity contribution in [2.75, 3.05) is 11.1 Å². The number of nitrogens with one attached hydrogen (secondary N) is 1. The summed E-state index contributed by atoms with van der Waals surface area (Å²) >= 11 is 2.61. The average molecular weight is 245 g/mol. The van der Waals surface area contributed by atoms with Crippen molar-refractivity contribution >= 4 is 34.2 Å². The van der Waals surface area contributed by atoms with Gasteiger partial charge in [0.2, 0.25) is 5.13 Å². The van der Waals surface area contributed by atoms with Crippen LogP contribution >= 0.6 is 23.1 Å². The molecule has 0 spiro atoms. The fourth-order valence-electron chi connectivity index (χ4n) is 1.01. The largest absolute Gasteiger partial charge is 0.481 e. The lowest BCUT2D eigenvalue weighted by molar-refractivity contribution is -0.133. The maximum absolute atomic E-state index is 10.3. The van der Waals surface area contributed by atoms with E-state index in [4.69, 9.17) is 5.11 Å². The summed E-state index contributed by atoms with van der Waals surface area (Å²) < 4.78 is 0.698. The van der Waals surface area contributed by atoms with Gasteiger partial charge in [-0.05, 0) is 19.8 Å². The molecule has 0 atom stereocenters. The van der Waals surface area contributed by atoms with Crippen LogP contribution in [0.2, 0.25) is 0 Å². The molecule has 2 N–H and O–H groups in total. The Kier molecular flexibility index (Phi) is 2.83. The summed E-state index contributed by atoms with van der Waals surface area (Å²) in [6.45, 7) is 2.14. The molecule has 0 radical (unpaired) electrons. The fraction of sp³-hybridized carbons (Fsp3) is 0.625. The average Bonchev–Trinajstić information content (AvgIpc) is 2.73. The minimum absolute atomic E-state index is 0.0336. The van der Waals surface area contributed by atoms with E-state index in [9.17, 15) is 4.79 Å². The van der Waals surface area contributed by atoms with Gasteiger partial charge in [0.15, 0.2) is 4.34 Å². The molecule has 1 heterocycles. The number of hydrogen-bond donors (Lipinski definition) is 2. The molecule has 0 bridgehead atoms. The molecule has 0 aromatic carbocycles. The van der Waals surface area contributed by atoms with Gasteiger partial charge < -0.3 is 10.4 Å². The number of carboxylic acids is 1. The Morgan fingerprint density at radius 3 is 3.00 bits per heavy atom. The number of carboxylic acid groups (broad SMARTS) is 1. The van der Waals surface area contributed by atoms with Crippen molar-refractivity contribution in [3.05, 3.63) is 0 Å². The van der Waals surface area contributed by atoms with Crippen LogP contribution in [0.3, 0.4) is 0 Å². The van der Waals surface area contributed by atoms with E-state index >= 15 is 0 Å². The highest BCUT2D eigenvalue weighted by atomic mass is 32.2. The molecule has 1 fully saturated rings. The molecule has 1 aliphatic carbocycles. The molecule has 2 rings (SSSR count). The second-order valence-corrected chi connectivity index (χ2v) is 5.94. The molecule has 1 saturated carbocycles. The zero-order valence-electron chi connectivity index (χ0n) is 8.19. The predicted molar refractivity (Wildman–Crippen MR) is 59.5 cm³/mol. The van der Waals surface area contributed by atoms with Crippen LogP contribution in [0, 0.1) is 0 Å². The Labute approximate surface area is 95.3 Å². The van der Waals surface area contributed by atoms with Crippen molar-refractivity contribution in [1.29, 1.82) is 0 Å². The molecule has 7 heteroatoms. The van der Waals surface area contributed by atoms with E-state index in [1.165, 1.54) is 23.1 Å². The minimum Gasteiger partial charge on any atom is -0.481 e. The Balaban J connectivity index is 1.89. The smallest absolute Gasteiger partial charge is 0.313 e. The molecule has 15 heavy (non-hydrogen) atoms. The summed E-state index contributed by atoms with van der Waals surface area (Å²) in [5.74, 6) is -0.801. The molecule has 1 aromatic rings. The molecule has 1 aromatic heterocycles. The van der Waals surface area contributed by atoms with E-state index < -0.39 is 5.97 Å². The van der Waals surface area contributed by atoms with E-state index in [1.54, 1.807) is 0 Å². The topological polar surface area (TPSA) is 75.1 Å². The van der Waals surface area contributed by atoms with Crippen LogP contribution < -0.4 is 5.32 Å². The number of rotatable bonds is 5. The zero-order chi connectivity index (χ0) is 10.9. The van der Waals surface area contributed by atoms with Crippen molar-refractivity contribution in [3.63, 3.8) is 0 Å². The van der Waals surface area contributed by atoms with Crippen LogP contribution in [0.15, 0.2) is 4.34 Å². The molecule has 0 aliphatic heterocycles. The maximum atomic E-state index is 10.3. The van der Waals surface area contributed by atoms with Crippen molar-refractivity contribution in [3.8, 4) is 0 Å². The van der Waals surface area contributed by atoms with Crippen LogP contribution in [-0.2, 0) is 4.79 Å². The van der Waals surface area contributed by atoms with Gasteiger partial charge in [-0.15, -0.1) is 10.2 Å². The first-order valence-corrected chi connectivity index (χ1v) is 6.34. The Morgan fingerprint density at radius 2 is 2.40 bits per heavy atom. The molecule has 1 aliphatic rings. The van der Waals surface area contributed by atoms with E-state index in [-0.39, 0.29) is 11.3 Å². The zero-order valence-corrected chi connectivity index (χ0v) is 9.82. The van der Waals surface area contributed by atoms with E-state index in [2.05, 4.69) is 22.4 Å². The number of anilines is 1. The number of aliphatic carboxylic acids is 1. The highest BCUT2D eigenvalue weighted by Crippen LogP contribution is 2.39. The summed E-state index contributed by atoms with van der Waals surface area (Å²) in [6, 6.07) is 0. The van der Waals surface area contributed by atoms with Crippen molar-refractivity contribution in [2.24, 2.45) is 0 Å². The van der Waals surface area contributed by atoms with Crippen LogP contribution in [0.25, 0.3) is 0 Å². The molecule has 0 saturated heterocycles. The van der Waals surface area contributed by atoms with Crippen LogP contribution in [0.4, 0.5) is 5.13 Å². The lowest BCUT2D eigenvalue weighted by Gasteiger charge is -2.07. The molecular weight excluding hydrogens is 234 g/mol. The van der Waals surface area contributed by atoms with Gasteiger partial charge in [-0.2, -0.15) is 0 Å². The highest BCUT2D eigenvalue weighted by molar-refractivity contribution is 8.01. The number of hydrogen-bond acceptors (Lipinski definition) is 6. The molecular formula is C8H11N3O2S2. The van der Waals surface area contributed by atoms with Gasteiger partial charge in [-0.1, -0.05) is 23.1 Å². The third kappa shape index (κ3) is 3.07. The van der Waals surface area contributed by atoms with Crippen molar-refractivity contribution < 1.29 is 9.90 Å². The van der Waals surface area contributed by atoms with Gasteiger partial charge in [-0.25, -0.2) is 0 Å². The van der Waals surface area contributed by atoms with Gasteiger partial charge in [0.1, 0.15) is 0 Å². The van der Waals surface area contributed by atoms with Gasteiger partial charge in [-0.3, -0.25) is 4.79 Å². The molecule has 0 unspecified atom stereocenters. The van der Waals surface area contributed by atoms with Crippen molar-refractivity contribution in [1.82, 2.24) is 10.2 Å². The van der Waals surface area contributed by atoms with E-state index in [0.717, 1.165) is 18.0 Å². The third-order valence-corrected chi connectivity index (χ3v) is 4.09. The number of thioether (sulfide) groups is 1. The highest BCUT2D eigenvalue weighted by Gasteiger charge is 2.37.